The molecule has 0 saturated carbocycles. The summed E-state index contributed by atoms with van der Waals surface area (Å²) in [6.07, 6.45) is 1.89. The molecule has 2 atom stereocenters. The van der Waals surface area contributed by atoms with Crippen molar-refractivity contribution in [2.45, 2.75) is 31.8 Å². The first-order valence-electron chi connectivity index (χ1n) is 6.07. The zero-order valence-electron chi connectivity index (χ0n) is 10.6. The molecule has 1 aliphatic rings. The summed E-state index contributed by atoms with van der Waals surface area (Å²) in [4.78, 5) is 11.9. The zero-order valence-corrected chi connectivity index (χ0v) is 11.4. The van der Waals surface area contributed by atoms with Crippen molar-refractivity contribution in [1.29, 1.82) is 0 Å². The Morgan fingerprint density at radius 2 is 2.11 bits per heavy atom. The minimum absolute atomic E-state index is 0. The van der Waals surface area contributed by atoms with Gasteiger partial charge in [-0.2, -0.15) is 0 Å². The van der Waals surface area contributed by atoms with E-state index in [1.807, 2.05) is 6.92 Å². The predicted molar refractivity (Wildman–Crippen MR) is 71.6 cm³/mol. The molecule has 1 fully saturated rings. The number of nitrogens with one attached hydrogen (secondary N) is 2. The number of benzene rings is 1. The molecular formula is C13H17ClF2N2O. The van der Waals surface area contributed by atoms with E-state index in [4.69, 9.17) is 0 Å². The lowest BCUT2D eigenvalue weighted by Gasteiger charge is -2.30. The van der Waals surface area contributed by atoms with Crippen LogP contribution in [0.1, 0.15) is 30.1 Å². The molecule has 1 aromatic rings. The van der Waals surface area contributed by atoms with E-state index in [0.717, 1.165) is 31.5 Å². The first kappa shape index (κ1) is 15.9. The standard InChI is InChI=1S/C13H16F2N2O.ClH/c1-8-12(3-2-6-16-8)17-13(18)9-4-5-10(14)11(15)7-9;/h4-5,7-8,12,16H,2-3,6H2,1H3,(H,17,18);1H. The minimum Gasteiger partial charge on any atom is -0.348 e. The number of amides is 1. The molecule has 1 heterocycles. The van der Waals surface area contributed by atoms with E-state index < -0.39 is 11.6 Å². The van der Waals surface area contributed by atoms with Crippen molar-refractivity contribution in [3.8, 4) is 0 Å². The second kappa shape index (κ2) is 6.82. The zero-order chi connectivity index (χ0) is 13.1. The highest BCUT2D eigenvalue weighted by molar-refractivity contribution is 5.94. The summed E-state index contributed by atoms with van der Waals surface area (Å²) in [5.74, 6) is -2.31. The van der Waals surface area contributed by atoms with E-state index >= 15 is 0 Å². The van der Waals surface area contributed by atoms with Crippen molar-refractivity contribution >= 4 is 18.3 Å². The summed E-state index contributed by atoms with van der Waals surface area (Å²) in [7, 11) is 0. The smallest absolute Gasteiger partial charge is 0.251 e. The quantitative estimate of drug-likeness (QED) is 0.877. The van der Waals surface area contributed by atoms with Crippen LogP contribution in [0.15, 0.2) is 18.2 Å². The summed E-state index contributed by atoms with van der Waals surface area (Å²) < 4.78 is 25.8. The van der Waals surface area contributed by atoms with Gasteiger partial charge in [0.15, 0.2) is 11.6 Å². The maximum absolute atomic E-state index is 13.0. The highest BCUT2D eigenvalue weighted by Gasteiger charge is 2.23. The summed E-state index contributed by atoms with van der Waals surface area (Å²) in [6.45, 7) is 2.94. The molecule has 0 aromatic heterocycles. The molecule has 1 aromatic carbocycles. The van der Waals surface area contributed by atoms with Gasteiger partial charge in [-0.3, -0.25) is 4.79 Å². The van der Waals surface area contributed by atoms with E-state index in [0.29, 0.717) is 0 Å². The summed E-state index contributed by atoms with van der Waals surface area (Å²) >= 11 is 0. The lowest BCUT2D eigenvalue weighted by molar-refractivity contribution is 0.0919. The van der Waals surface area contributed by atoms with Crippen LogP contribution in [0.25, 0.3) is 0 Å². The summed E-state index contributed by atoms with van der Waals surface area (Å²) in [6, 6.07) is 3.39. The molecule has 1 saturated heterocycles. The third kappa shape index (κ3) is 3.88. The Balaban J connectivity index is 0.00000180. The van der Waals surface area contributed by atoms with Gasteiger partial charge in [0.05, 0.1) is 0 Å². The van der Waals surface area contributed by atoms with Gasteiger partial charge >= 0.3 is 0 Å². The topological polar surface area (TPSA) is 41.1 Å². The van der Waals surface area contributed by atoms with Crippen LogP contribution in [0.3, 0.4) is 0 Å². The second-order valence-corrected chi connectivity index (χ2v) is 4.59. The Bertz CT molecular complexity index is 456. The van der Waals surface area contributed by atoms with Crippen LogP contribution in [-0.4, -0.2) is 24.5 Å². The number of rotatable bonds is 2. The molecule has 2 N–H and O–H groups in total. The summed E-state index contributed by atoms with van der Waals surface area (Å²) in [5.41, 5.74) is 0.145. The van der Waals surface area contributed by atoms with Crippen LogP contribution in [0, 0.1) is 11.6 Å². The molecule has 1 amide bonds. The lowest BCUT2D eigenvalue weighted by atomic mass is 9.99. The number of halogens is 3. The van der Waals surface area contributed by atoms with Gasteiger partial charge < -0.3 is 10.6 Å². The van der Waals surface area contributed by atoms with E-state index in [9.17, 15) is 13.6 Å². The van der Waals surface area contributed by atoms with Gasteiger partial charge in [-0.1, -0.05) is 0 Å². The Labute approximate surface area is 117 Å². The molecule has 2 rings (SSSR count). The SMILES string of the molecule is CC1NCCCC1NC(=O)c1ccc(F)c(F)c1.Cl. The third-order valence-electron chi connectivity index (χ3n) is 3.26. The van der Waals surface area contributed by atoms with Crippen LogP contribution in [0.4, 0.5) is 8.78 Å². The van der Waals surface area contributed by atoms with Crippen LogP contribution in [0.2, 0.25) is 0 Å². The molecule has 6 heteroatoms. The van der Waals surface area contributed by atoms with Crippen molar-refractivity contribution in [2.75, 3.05) is 6.54 Å². The molecule has 106 valence electrons. The van der Waals surface area contributed by atoms with Gasteiger partial charge in [0, 0.05) is 17.6 Å². The van der Waals surface area contributed by atoms with Crippen LogP contribution in [0.5, 0.6) is 0 Å². The van der Waals surface area contributed by atoms with Gasteiger partial charge in [-0.25, -0.2) is 8.78 Å². The maximum atomic E-state index is 13.0. The van der Waals surface area contributed by atoms with Crippen LogP contribution < -0.4 is 10.6 Å². The fraction of sp³-hybridized carbons (Fsp3) is 0.462. The van der Waals surface area contributed by atoms with Crippen molar-refractivity contribution in [3.05, 3.63) is 35.4 Å². The largest absolute Gasteiger partial charge is 0.348 e. The predicted octanol–water partition coefficient (Wildman–Crippen LogP) is 2.26. The van der Waals surface area contributed by atoms with E-state index in [1.165, 1.54) is 6.07 Å². The molecule has 3 nitrogen and oxygen atoms in total. The fourth-order valence-corrected chi connectivity index (χ4v) is 2.13. The molecule has 2 unspecified atom stereocenters. The van der Waals surface area contributed by atoms with Crippen molar-refractivity contribution in [2.24, 2.45) is 0 Å². The average molecular weight is 291 g/mol. The molecule has 19 heavy (non-hydrogen) atoms. The Kier molecular flexibility index (Phi) is 5.69. The molecule has 0 radical (unpaired) electrons. The van der Waals surface area contributed by atoms with E-state index in [-0.39, 0.29) is 36.0 Å². The Morgan fingerprint density at radius 3 is 2.74 bits per heavy atom. The maximum Gasteiger partial charge on any atom is 0.251 e. The molecular weight excluding hydrogens is 274 g/mol. The molecule has 0 spiro atoms. The molecule has 0 aliphatic carbocycles. The van der Waals surface area contributed by atoms with Crippen molar-refractivity contribution in [3.63, 3.8) is 0 Å². The number of hydrogen-bond donors (Lipinski definition) is 2. The van der Waals surface area contributed by atoms with Gasteiger partial charge in [0.2, 0.25) is 0 Å². The van der Waals surface area contributed by atoms with E-state index in [2.05, 4.69) is 10.6 Å². The number of carbonyl (C=O) groups excluding carboxylic acids is 1. The number of piperidine rings is 1. The normalized spacial score (nSPS) is 22.5. The Morgan fingerprint density at radius 1 is 1.37 bits per heavy atom. The van der Waals surface area contributed by atoms with E-state index in [1.54, 1.807) is 0 Å². The molecule has 1 aliphatic heterocycles. The average Bonchev–Trinajstić information content (AvgIpc) is 2.35. The van der Waals surface area contributed by atoms with Crippen LogP contribution >= 0.6 is 12.4 Å². The lowest BCUT2D eigenvalue weighted by Crippen LogP contribution is -2.51. The van der Waals surface area contributed by atoms with Crippen molar-refractivity contribution < 1.29 is 13.6 Å². The second-order valence-electron chi connectivity index (χ2n) is 4.59. The van der Waals surface area contributed by atoms with Gasteiger partial charge in [-0.15, -0.1) is 12.4 Å². The van der Waals surface area contributed by atoms with Crippen molar-refractivity contribution in [1.82, 2.24) is 10.6 Å². The number of hydrogen-bond acceptors (Lipinski definition) is 2. The first-order chi connectivity index (χ1) is 8.58. The minimum atomic E-state index is -1.00. The first-order valence-corrected chi connectivity index (χ1v) is 6.07. The van der Waals surface area contributed by atoms with Gasteiger partial charge in [-0.05, 0) is 44.5 Å². The Hall–Kier alpha value is -1.20. The van der Waals surface area contributed by atoms with Crippen LogP contribution in [-0.2, 0) is 0 Å². The molecule has 0 bridgehead atoms. The number of carbonyl (C=O) groups is 1. The monoisotopic (exact) mass is 290 g/mol. The van der Waals surface area contributed by atoms with Gasteiger partial charge in [0.25, 0.3) is 5.91 Å². The van der Waals surface area contributed by atoms with Gasteiger partial charge in [0.1, 0.15) is 0 Å². The highest BCUT2D eigenvalue weighted by atomic mass is 35.5. The third-order valence-corrected chi connectivity index (χ3v) is 3.26. The fourth-order valence-electron chi connectivity index (χ4n) is 2.13. The summed E-state index contributed by atoms with van der Waals surface area (Å²) in [5, 5.41) is 6.10. The highest BCUT2D eigenvalue weighted by Crippen LogP contribution is 2.12.